The van der Waals surface area contributed by atoms with Crippen LogP contribution in [0.3, 0.4) is 0 Å². The molecule has 0 aliphatic heterocycles. The van der Waals surface area contributed by atoms with Gasteiger partial charge in [0.25, 0.3) is 0 Å². The van der Waals surface area contributed by atoms with Crippen molar-refractivity contribution >= 4 is 17.5 Å². The minimum atomic E-state index is -0.910. The van der Waals surface area contributed by atoms with Crippen LogP contribution in [0.1, 0.15) is 53.4 Å². The Kier molecular flexibility index (Phi) is 2.28. The summed E-state index contributed by atoms with van der Waals surface area (Å²) in [6, 6.07) is 0. The van der Waals surface area contributed by atoms with Crippen LogP contribution in [0.25, 0.3) is 0 Å². The van der Waals surface area contributed by atoms with Crippen molar-refractivity contribution in [3.63, 3.8) is 0 Å². The summed E-state index contributed by atoms with van der Waals surface area (Å²) in [7, 11) is 0. The van der Waals surface area contributed by atoms with Gasteiger partial charge in [-0.1, -0.05) is 4.49 Å². The number of rotatable bonds is 2. The molecule has 0 saturated heterocycles. The van der Waals surface area contributed by atoms with Gasteiger partial charge in [0.05, 0.1) is 4.88 Å². The van der Waals surface area contributed by atoms with E-state index in [0.29, 0.717) is 17.8 Å². The van der Waals surface area contributed by atoms with Crippen molar-refractivity contribution in [2.24, 2.45) is 23.7 Å². The van der Waals surface area contributed by atoms with Gasteiger partial charge in [0.15, 0.2) is 5.69 Å². The molecular formula is C13H16N2O2S. The van der Waals surface area contributed by atoms with Gasteiger partial charge < -0.3 is 5.11 Å². The van der Waals surface area contributed by atoms with Crippen LogP contribution in [0.5, 0.6) is 0 Å². The van der Waals surface area contributed by atoms with Crippen molar-refractivity contribution in [2.45, 2.75) is 38.0 Å². The molecule has 0 amide bonds. The smallest absolute Gasteiger partial charge is 0.357 e. The Morgan fingerprint density at radius 3 is 2.28 bits per heavy atom. The summed E-state index contributed by atoms with van der Waals surface area (Å²) < 4.78 is 3.89. The second kappa shape index (κ2) is 3.76. The molecule has 0 spiro atoms. The van der Waals surface area contributed by atoms with Gasteiger partial charge in [0, 0.05) is 5.92 Å². The van der Waals surface area contributed by atoms with Crippen molar-refractivity contribution < 1.29 is 9.90 Å². The highest BCUT2D eigenvalue weighted by molar-refractivity contribution is 7.05. The van der Waals surface area contributed by atoms with Gasteiger partial charge in [0.2, 0.25) is 0 Å². The first-order valence-corrected chi connectivity index (χ1v) is 7.55. The molecule has 1 heterocycles. The third kappa shape index (κ3) is 1.46. The number of carboxylic acids is 1. The minimum Gasteiger partial charge on any atom is -0.476 e. The maximum Gasteiger partial charge on any atom is 0.357 e. The monoisotopic (exact) mass is 264 g/mol. The number of nitrogens with zero attached hydrogens (tertiary/aromatic N) is 2. The topological polar surface area (TPSA) is 63.1 Å². The predicted octanol–water partition coefficient (Wildman–Crippen LogP) is 2.78. The molecule has 4 saturated carbocycles. The summed E-state index contributed by atoms with van der Waals surface area (Å²) in [6.07, 6.45) is 6.62. The highest BCUT2D eigenvalue weighted by Gasteiger charge is 2.50. The van der Waals surface area contributed by atoms with Gasteiger partial charge in [-0.2, -0.15) is 0 Å². The quantitative estimate of drug-likeness (QED) is 0.892. The lowest BCUT2D eigenvalue weighted by atomic mass is 9.51. The van der Waals surface area contributed by atoms with Gasteiger partial charge in [-0.15, -0.1) is 5.10 Å². The number of carbonyl (C=O) groups is 1. The third-order valence-electron chi connectivity index (χ3n) is 5.25. The number of hydrogen-bond donors (Lipinski definition) is 1. The van der Waals surface area contributed by atoms with Crippen molar-refractivity contribution in [2.75, 3.05) is 0 Å². The van der Waals surface area contributed by atoms with Crippen molar-refractivity contribution in [3.05, 3.63) is 10.6 Å². The Balaban J connectivity index is 1.72. The van der Waals surface area contributed by atoms with E-state index in [1.54, 1.807) is 0 Å². The maximum atomic E-state index is 11.2. The molecule has 5 rings (SSSR count). The summed E-state index contributed by atoms with van der Waals surface area (Å²) >= 11 is 1.32. The molecule has 1 aromatic heterocycles. The van der Waals surface area contributed by atoms with Crippen LogP contribution in [-0.2, 0) is 0 Å². The van der Waals surface area contributed by atoms with E-state index in [-0.39, 0.29) is 5.69 Å². The van der Waals surface area contributed by atoms with Crippen LogP contribution in [-0.4, -0.2) is 20.7 Å². The SMILES string of the molecule is O=C(O)c1nnsc1C1C2CC3CC(C2)CC1C3. The van der Waals surface area contributed by atoms with Crippen LogP contribution in [0.15, 0.2) is 0 Å². The highest BCUT2D eigenvalue weighted by atomic mass is 32.1. The standard InChI is InChI=1S/C13H16N2O2S/c16-13(17)11-12(18-15-14-11)10-8-2-6-1-7(4-8)5-9(10)3-6/h6-10H,1-5H2,(H,16,17). The van der Waals surface area contributed by atoms with Crippen LogP contribution in [0, 0.1) is 23.7 Å². The molecule has 5 heteroatoms. The molecule has 1 N–H and O–H groups in total. The number of aromatic nitrogens is 2. The average molecular weight is 264 g/mol. The van der Waals surface area contributed by atoms with E-state index in [4.69, 9.17) is 0 Å². The number of carboxylic acid groups (broad SMARTS) is 1. The Hall–Kier alpha value is -0.970. The molecule has 4 fully saturated rings. The second-order valence-corrected chi connectivity index (χ2v) is 7.03. The molecule has 96 valence electrons. The summed E-state index contributed by atoms with van der Waals surface area (Å²) in [6.45, 7) is 0. The van der Waals surface area contributed by atoms with Gasteiger partial charge in [-0.25, -0.2) is 4.79 Å². The molecule has 0 unspecified atom stereocenters. The Morgan fingerprint density at radius 1 is 1.11 bits per heavy atom. The van der Waals surface area contributed by atoms with E-state index < -0.39 is 5.97 Å². The zero-order valence-electron chi connectivity index (χ0n) is 10.1. The van der Waals surface area contributed by atoms with Crippen LogP contribution >= 0.6 is 11.5 Å². The molecule has 0 atom stereocenters. The fourth-order valence-electron chi connectivity index (χ4n) is 4.92. The molecule has 0 radical (unpaired) electrons. The lowest BCUT2D eigenvalue weighted by molar-refractivity contribution is -0.00204. The van der Waals surface area contributed by atoms with E-state index in [1.807, 2.05) is 0 Å². The average Bonchev–Trinajstić information content (AvgIpc) is 2.76. The number of hydrogen-bond acceptors (Lipinski definition) is 4. The van der Waals surface area contributed by atoms with E-state index in [0.717, 1.165) is 16.7 Å². The molecular weight excluding hydrogens is 248 g/mol. The Morgan fingerprint density at radius 2 is 1.72 bits per heavy atom. The summed E-state index contributed by atoms with van der Waals surface area (Å²) in [5.74, 6) is 2.75. The molecule has 1 aromatic rings. The van der Waals surface area contributed by atoms with E-state index in [9.17, 15) is 9.90 Å². The second-order valence-electron chi connectivity index (χ2n) is 6.25. The molecule has 4 aliphatic carbocycles. The van der Waals surface area contributed by atoms with Crippen LogP contribution < -0.4 is 0 Å². The minimum absolute atomic E-state index is 0.220. The summed E-state index contributed by atoms with van der Waals surface area (Å²) in [5, 5.41) is 13.0. The third-order valence-corrected chi connectivity index (χ3v) is 6.07. The highest BCUT2D eigenvalue weighted by Crippen LogP contribution is 2.60. The maximum absolute atomic E-state index is 11.2. The molecule has 18 heavy (non-hydrogen) atoms. The summed E-state index contributed by atoms with van der Waals surface area (Å²) in [5.41, 5.74) is 0.220. The van der Waals surface area contributed by atoms with Gasteiger partial charge >= 0.3 is 5.97 Å². The van der Waals surface area contributed by atoms with Gasteiger partial charge in [0.1, 0.15) is 0 Å². The van der Waals surface area contributed by atoms with Gasteiger partial charge in [-0.05, 0) is 67.3 Å². The summed E-state index contributed by atoms with van der Waals surface area (Å²) in [4.78, 5) is 12.2. The zero-order valence-corrected chi connectivity index (χ0v) is 10.9. The Bertz CT molecular complexity index is 471. The number of aromatic carboxylic acids is 1. The van der Waals surface area contributed by atoms with E-state index in [2.05, 4.69) is 9.59 Å². The van der Waals surface area contributed by atoms with Crippen molar-refractivity contribution in [1.29, 1.82) is 0 Å². The normalized spacial score (nSPS) is 41.2. The van der Waals surface area contributed by atoms with Crippen LogP contribution in [0.4, 0.5) is 0 Å². The van der Waals surface area contributed by atoms with Crippen molar-refractivity contribution in [1.82, 2.24) is 9.59 Å². The first kappa shape index (κ1) is 10.9. The molecule has 4 bridgehead atoms. The fraction of sp³-hybridized carbons (Fsp3) is 0.769. The van der Waals surface area contributed by atoms with Crippen molar-refractivity contribution in [3.8, 4) is 0 Å². The van der Waals surface area contributed by atoms with E-state index >= 15 is 0 Å². The molecule has 4 aliphatic rings. The Labute approximate surface area is 110 Å². The largest absolute Gasteiger partial charge is 0.476 e. The zero-order chi connectivity index (χ0) is 12.3. The molecule has 0 aromatic carbocycles. The fourth-order valence-corrected chi connectivity index (χ4v) is 5.85. The molecule has 4 nitrogen and oxygen atoms in total. The first-order chi connectivity index (χ1) is 8.72. The lowest BCUT2D eigenvalue weighted by Gasteiger charge is -2.54. The predicted molar refractivity (Wildman–Crippen MR) is 66.7 cm³/mol. The lowest BCUT2D eigenvalue weighted by Crippen LogP contribution is -2.43. The van der Waals surface area contributed by atoms with Gasteiger partial charge in [-0.3, -0.25) is 0 Å². The van der Waals surface area contributed by atoms with Crippen LogP contribution in [0.2, 0.25) is 0 Å². The van der Waals surface area contributed by atoms with E-state index in [1.165, 1.54) is 43.6 Å². The first-order valence-electron chi connectivity index (χ1n) is 6.78.